The number of carboxylic acids is 1. The topological polar surface area (TPSA) is 69.6 Å². The van der Waals surface area contributed by atoms with Crippen molar-refractivity contribution >= 4 is 11.8 Å². The van der Waals surface area contributed by atoms with Crippen LogP contribution >= 0.6 is 0 Å². The standard InChI is InChI=1S/C17H26N4O2/c1-3-8-21-12-17(11-14(21)16(22)23)4-9-20(10-5-17)15-13(2)18-6-7-19-15/h6-7,14H,3-5,8-12H2,1-2H3,(H,22,23)/t14-/m1/s1. The lowest BCUT2D eigenvalue weighted by atomic mass is 9.76. The number of rotatable bonds is 4. The molecule has 0 aromatic carbocycles. The number of carbonyl (C=O) groups is 1. The summed E-state index contributed by atoms with van der Waals surface area (Å²) in [6, 6.07) is -0.306. The van der Waals surface area contributed by atoms with E-state index >= 15 is 0 Å². The van der Waals surface area contributed by atoms with Crippen molar-refractivity contribution in [2.45, 2.75) is 45.6 Å². The van der Waals surface area contributed by atoms with Gasteiger partial charge in [-0.05, 0) is 44.6 Å². The third-order valence-electron chi connectivity index (χ3n) is 5.38. The molecule has 3 rings (SSSR count). The molecule has 0 aliphatic carbocycles. The molecule has 0 unspecified atom stereocenters. The van der Waals surface area contributed by atoms with Crippen molar-refractivity contribution in [3.8, 4) is 0 Å². The Hall–Kier alpha value is -1.69. The zero-order chi connectivity index (χ0) is 16.4. The lowest BCUT2D eigenvalue weighted by Gasteiger charge is -2.40. The summed E-state index contributed by atoms with van der Waals surface area (Å²) in [6.45, 7) is 7.78. The summed E-state index contributed by atoms with van der Waals surface area (Å²) in [5.41, 5.74) is 1.12. The second-order valence-corrected chi connectivity index (χ2v) is 6.98. The fourth-order valence-electron chi connectivity index (χ4n) is 4.18. The summed E-state index contributed by atoms with van der Waals surface area (Å²) in [7, 11) is 0. The van der Waals surface area contributed by atoms with E-state index < -0.39 is 5.97 Å². The van der Waals surface area contributed by atoms with Crippen LogP contribution in [0.5, 0.6) is 0 Å². The van der Waals surface area contributed by atoms with E-state index in [-0.39, 0.29) is 11.5 Å². The molecule has 1 atom stereocenters. The molecule has 23 heavy (non-hydrogen) atoms. The van der Waals surface area contributed by atoms with Crippen LogP contribution in [-0.4, -0.2) is 58.2 Å². The van der Waals surface area contributed by atoms with E-state index in [0.29, 0.717) is 0 Å². The van der Waals surface area contributed by atoms with Crippen molar-refractivity contribution in [3.63, 3.8) is 0 Å². The maximum Gasteiger partial charge on any atom is 0.320 e. The lowest BCUT2D eigenvalue weighted by molar-refractivity contribution is -0.142. The van der Waals surface area contributed by atoms with Gasteiger partial charge in [0.15, 0.2) is 0 Å². The zero-order valence-electron chi connectivity index (χ0n) is 14.0. The number of aliphatic carboxylic acids is 1. The Balaban J connectivity index is 1.68. The second kappa shape index (κ2) is 6.43. The molecule has 126 valence electrons. The largest absolute Gasteiger partial charge is 0.480 e. The highest BCUT2D eigenvalue weighted by Gasteiger charge is 2.47. The number of hydrogen-bond acceptors (Lipinski definition) is 5. The number of aromatic nitrogens is 2. The molecule has 2 aliphatic heterocycles. The van der Waals surface area contributed by atoms with Crippen LogP contribution in [0.3, 0.4) is 0 Å². The molecule has 2 saturated heterocycles. The molecule has 3 heterocycles. The van der Waals surface area contributed by atoms with E-state index in [1.54, 1.807) is 12.4 Å². The van der Waals surface area contributed by atoms with Crippen LogP contribution in [0.15, 0.2) is 12.4 Å². The van der Waals surface area contributed by atoms with Gasteiger partial charge in [-0.15, -0.1) is 0 Å². The van der Waals surface area contributed by atoms with Crippen molar-refractivity contribution in [3.05, 3.63) is 18.1 Å². The molecular weight excluding hydrogens is 292 g/mol. The SMILES string of the molecule is CCCN1CC2(CCN(c3nccnc3C)CC2)C[C@@H]1C(=O)O. The maximum atomic E-state index is 11.6. The lowest BCUT2D eigenvalue weighted by Crippen LogP contribution is -2.42. The van der Waals surface area contributed by atoms with Crippen molar-refractivity contribution < 1.29 is 9.90 Å². The van der Waals surface area contributed by atoms with Gasteiger partial charge in [0.1, 0.15) is 11.9 Å². The first kappa shape index (κ1) is 16.2. The van der Waals surface area contributed by atoms with Gasteiger partial charge in [0, 0.05) is 32.0 Å². The minimum Gasteiger partial charge on any atom is -0.480 e. The molecule has 1 spiro atoms. The molecule has 2 fully saturated rings. The molecule has 6 nitrogen and oxygen atoms in total. The Morgan fingerprint density at radius 2 is 2.04 bits per heavy atom. The minimum absolute atomic E-state index is 0.158. The molecular formula is C17H26N4O2. The Bertz CT molecular complexity index is 569. The molecule has 1 aromatic heterocycles. The average Bonchev–Trinajstić information content (AvgIpc) is 2.88. The van der Waals surface area contributed by atoms with Gasteiger partial charge in [0.25, 0.3) is 0 Å². The first-order valence-electron chi connectivity index (χ1n) is 8.54. The van der Waals surface area contributed by atoms with E-state index in [1.165, 1.54) is 0 Å². The first-order valence-corrected chi connectivity index (χ1v) is 8.54. The van der Waals surface area contributed by atoms with Crippen LogP contribution < -0.4 is 4.90 Å². The summed E-state index contributed by atoms with van der Waals surface area (Å²) in [5, 5.41) is 9.52. The van der Waals surface area contributed by atoms with Crippen molar-refractivity contribution in [1.29, 1.82) is 0 Å². The third-order valence-corrected chi connectivity index (χ3v) is 5.38. The Morgan fingerprint density at radius 1 is 1.35 bits per heavy atom. The van der Waals surface area contributed by atoms with Gasteiger partial charge in [-0.25, -0.2) is 4.98 Å². The number of hydrogen-bond donors (Lipinski definition) is 1. The third kappa shape index (κ3) is 3.17. The van der Waals surface area contributed by atoms with E-state index in [9.17, 15) is 9.90 Å². The Kier molecular flexibility index (Phi) is 4.53. The summed E-state index contributed by atoms with van der Waals surface area (Å²) in [6.07, 6.45) is 7.33. The number of aryl methyl sites for hydroxylation is 1. The molecule has 1 aromatic rings. The first-order chi connectivity index (χ1) is 11.0. The van der Waals surface area contributed by atoms with Crippen LogP contribution in [0.25, 0.3) is 0 Å². The van der Waals surface area contributed by atoms with Crippen molar-refractivity contribution in [2.24, 2.45) is 5.41 Å². The van der Waals surface area contributed by atoms with Gasteiger partial charge >= 0.3 is 5.97 Å². The molecule has 0 bridgehead atoms. The summed E-state index contributed by atoms with van der Waals surface area (Å²) in [5.74, 6) is 0.308. The van der Waals surface area contributed by atoms with Gasteiger partial charge in [-0.3, -0.25) is 14.7 Å². The van der Waals surface area contributed by atoms with Crippen LogP contribution in [0.4, 0.5) is 5.82 Å². The number of carboxylic acid groups (broad SMARTS) is 1. The van der Waals surface area contributed by atoms with Gasteiger partial charge in [0.05, 0.1) is 5.69 Å². The molecule has 0 saturated carbocycles. The predicted molar refractivity (Wildman–Crippen MR) is 88.6 cm³/mol. The van der Waals surface area contributed by atoms with Crippen LogP contribution in [-0.2, 0) is 4.79 Å². The highest BCUT2D eigenvalue weighted by Crippen LogP contribution is 2.44. The Morgan fingerprint density at radius 3 is 2.65 bits per heavy atom. The summed E-state index contributed by atoms with van der Waals surface area (Å²) >= 11 is 0. The molecule has 6 heteroatoms. The molecule has 1 N–H and O–H groups in total. The number of anilines is 1. The summed E-state index contributed by atoms with van der Waals surface area (Å²) in [4.78, 5) is 24.8. The molecule has 0 amide bonds. The monoisotopic (exact) mass is 318 g/mol. The van der Waals surface area contributed by atoms with Crippen molar-refractivity contribution in [2.75, 3.05) is 31.1 Å². The molecule has 2 aliphatic rings. The fraction of sp³-hybridized carbons (Fsp3) is 0.706. The minimum atomic E-state index is -0.664. The van der Waals surface area contributed by atoms with Crippen LogP contribution in [0, 0.1) is 12.3 Å². The highest BCUT2D eigenvalue weighted by molar-refractivity contribution is 5.74. The van der Waals surface area contributed by atoms with E-state index in [4.69, 9.17) is 0 Å². The van der Waals surface area contributed by atoms with Crippen LogP contribution in [0.1, 0.15) is 38.3 Å². The number of nitrogens with zero attached hydrogens (tertiary/aromatic N) is 4. The van der Waals surface area contributed by atoms with Gasteiger partial charge in [0.2, 0.25) is 0 Å². The number of likely N-dealkylation sites (tertiary alicyclic amines) is 1. The van der Waals surface area contributed by atoms with Crippen molar-refractivity contribution in [1.82, 2.24) is 14.9 Å². The molecule has 0 radical (unpaired) electrons. The van der Waals surface area contributed by atoms with E-state index in [0.717, 1.165) is 63.4 Å². The highest BCUT2D eigenvalue weighted by atomic mass is 16.4. The van der Waals surface area contributed by atoms with E-state index in [1.807, 2.05) is 6.92 Å². The maximum absolute atomic E-state index is 11.6. The number of piperidine rings is 1. The van der Waals surface area contributed by atoms with Gasteiger partial charge < -0.3 is 10.0 Å². The normalized spacial score (nSPS) is 24.3. The smallest absolute Gasteiger partial charge is 0.320 e. The zero-order valence-corrected chi connectivity index (χ0v) is 14.0. The second-order valence-electron chi connectivity index (χ2n) is 6.98. The average molecular weight is 318 g/mol. The van der Waals surface area contributed by atoms with Gasteiger partial charge in [-0.2, -0.15) is 0 Å². The summed E-state index contributed by atoms with van der Waals surface area (Å²) < 4.78 is 0. The van der Waals surface area contributed by atoms with Crippen LogP contribution in [0.2, 0.25) is 0 Å². The fourth-order valence-corrected chi connectivity index (χ4v) is 4.18. The Labute approximate surface area is 137 Å². The van der Waals surface area contributed by atoms with E-state index in [2.05, 4.69) is 26.7 Å². The van der Waals surface area contributed by atoms with Gasteiger partial charge in [-0.1, -0.05) is 6.92 Å². The predicted octanol–water partition coefficient (Wildman–Crippen LogP) is 1.94. The quantitative estimate of drug-likeness (QED) is 0.915.